The summed E-state index contributed by atoms with van der Waals surface area (Å²) >= 11 is 0. The van der Waals surface area contributed by atoms with Crippen LogP contribution < -0.4 is 4.74 Å². The zero-order valence-electron chi connectivity index (χ0n) is 14.7. The Balaban J connectivity index is 2.09. The van der Waals surface area contributed by atoms with Gasteiger partial charge in [0.25, 0.3) is 0 Å². The molecule has 0 aromatic heterocycles. The number of aromatic hydroxyl groups is 1. The van der Waals surface area contributed by atoms with Crippen LogP contribution in [-0.2, 0) is 4.79 Å². The Morgan fingerprint density at radius 2 is 2.00 bits per heavy atom. The summed E-state index contributed by atoms with van der Waals surface area (Å²) in [5.41, 5.74) is 1.71. The summed E-state index contributed by atoms with van der Waals surface area (Å²) in [4.78, 5) is 12.0. The molecule has 1 N–H and O–H groups in total. The number of phenolic OH excluding ortho intramolecular Hbond substituents is 1. The third kappa shape index (κ3) is 2.75. The zero-order valence-corrected chi connectivity index (χ0v) is 14.7. The molecule has 1 saturated carbocycles. The molecule has 2 aliphatic rings. The van der Waals surface area contributed by atoms with Crippen LogP contribution in [0.25, 0.3) is 0 Å². The number of ketones is 1. The van der Waals surface area contributed by atoms with Gasteiger partial charge in [0, 0.05) is 30.2 Å². The third-order valence-corrected chi connectivity index (χ3v) is 5.90. The van der Waals surface area contributed by atoms with Crippen molar-refractivity contribution >= 4 is 5.78 Å². The first kappa shape index (κ1) is 16.4. The Labute approximate surface area is 139 Å². The summed E-state index contributed by atoms with van der Waals surface area (Å²) in [6.45, 7) is 8.57. The molecule has 1 heterocycles. The second-order valence-electron chi connectivity index (χ2n) is 7.67. The Morgan fingerprint density at radius 1 is 1.30 bits per heavy atom. The van der Waals surface area contributed by atoms with Gasteiger partial charge in [-0.1, -0.05) is 13.8 Å². The predicted molar refractivity (Wildman–Crippen MR) is 91.2 cm³/mol. The third-order valence-electron chi connectivity index (χ3n) is 5.90. The minimum absolute atomic E-state index is 0.0887. The van der Waals surface area contributed by atoms with Crippen molar-refractivity contribution in [3.63, 3.8) is 0 Å². The topological polar surface area (TPSA) is 46.5 Å². The smallest absolute Gasteiger partial charge is 0.133 e. The molecule has 1 aliphatic carbocycles. The van der Waals surface area contributed by atoms with Crippen LogP contribution in [0.15, 0.2) is 12.1 Å². The summed E-state index contributed by atoms with van der Waals surface area (Å²) in [5.74, 6) is 2.21. The van der Waals surface area contributed by atoms with E-state index in [0.717, 1.165) is 36.1 Å². The predicted octanol–water partition coefficient (Wildman–Crippen LogP) is 4.92. The molecule has 1 fully saturated rings. The van der Waals surface area contributed by atoms with Crippen molar-refractivity contribution in [2.24, 2.45) is 5.92 Å². The molecule has 0 bridgehead atoms. The average Bonchev–Trinajstić information content (AvgIpc) is 2.46. The van der Waals surface area contributed by atoms with Crippen LogP contribution in [-0.4, -0.2) is 16.5 Å². The van der Waals surface area contributed by atoms with Crippen LogP contribution >= 0.6 is 0 Å². The number of carbonyl (C=O) groups is 1. The van der Waals surface area contributed by atoms with Crippen molar-refractivity contribution in [1.29, 1.82) is 0 Å². The van der Waals surface area contributed by atoms with Gasteiger partial charge >= 0.3 is 0 Å². The highest BCUT2D eigenvalue weighted by Gasteiger charge is 2.47. The van der Waals surface area contributed by atoms with Crippen LogP contribution in [0.4, 0.5) is 0 Å². The molecule has 3 heteroatoms. The van der Waals surface area contributed by atoms with E-state index in [0.29, 0.717) is 30.3 Å². The van der Waals surface area contributed by atoms with E-state index < -0.39 is 0 Å². The average molecular weight is 316 g/mol. The van der Waals surface area contributed by atoms with Gasteiger partial charge in [-0.3, -0.25) is 4.79 Å². The lowest BCUT2D eigenvalue weighted by atomic mass is 9.66. The quantitative estimate of drug-likeness (QED) is 0.861. The molecule has 3 rings (SSSR count). The van der Waals surface area contributed by atoms with Gasteiger partial charge in [-0.15, -0.1) is 0 Å². The molecule has 1 aliphatic heterocycles. The molecule has 0 spiro atoms. The molecule has 0 amide bonds. The van der Waals surface area contributed by atoms with E-state index in [-0.39, 0.29) is 17.4 Å². The number of rotatable bonds is 3. The van der Waals surface area contributed by atoms with Crippen LogP contribution in [0.5, 0.6) is 11.5 Å². The summed E-state index contributed by atoms with van der Waals surface area (Å²) in [5, 5.41) is 10.7. The minimum Gasteiger partial charge on any atom is -0.508 e. The lowest BCUT2D eigenvalue weighted by Crippen LogP contribution is -2.47. The van der Waals surface area contributed by atoms with Crippen molar-refractivity contribution in [2.45, 2.75) is 77.2 Å². The largest absolute Gasteiger partial charge is 0.508 e. The van der Waals surface area contributed by atoms with E-state index >= 15 is 0 Å². The van der Waals surface area contributed by atoms with E-state index in [2.05, 4.69) is 33.8 Å². The standard InChI is InChI=1S/C20H28O3/c1-5-12(6-2)13-9-17(22)19-15-11-14(21)7-8-16(15)20(3,4)23-18(19)10-13/h9-10,12,15-16,22H,5-8,11H2,1-4H3. The van der Waals surface area contributed by atoms with Gasteiger partial charge in [0.1, 0.15) is 22.9 Å². The lowest BCUT2D eigenvalue weighted by molar-refractivity contribution is -0.124. The maximum absolute atomic E-state index is 12.0. The van der Waals surface area contributed by atoms with Crippen molar-refractivity contribution in [2.75, 3.05) is 0 Å². The van der Waals surface area contributed by atoms with E-state index in [9.17, 15) is 9.90 Å². The van der Waals surface area contributed by atoms with Crippen molar-refractivity contribution < 1.29 is 14.6 Å². The second kappa shape index (κ2) is 5.85. The zero-order chi connectivity index (χ0) is 16.8. The fraction of sp³-hybridized carbons (Fsp3) is 0.650. The van der Waals surface area contributed by atoms with Gasteiger partial charge < -0.3 is 9.84 Å². The van der Waals surface area contributed by atoms with Crippen LogP contribution in [0.2, 0.25) is 0 Å². The van der Waals surface area contributed by atoms with Gasteiger partial charge in [-0.25, -0.2) is 0 Å². The van der Waals surface area contributed by atoms with Crippen molar-refractivity contribution in [1.82, 2.24) is 0 Å². The number of benzene rings is 1. The molecule has 3 nitrogen and oxygen atoms in total. The Kier molecular flexibility index (Phi) is 4.16. The lowest BCUT2D eigenvalue weighted by Gasteiger charge is -2.47. The number of ether oxygens (including phenoxy) is 1. The molecule has 126 valence electrons. The Bertz CT molecular complexity index is 614. The van der Waals surface area contributed by atoms with Crippen molar-refractivity contribution in [3.8, 4) is 11.5 Å². The number of Topliss-reactive ketones (excluding diaryl/α,β-unsaturated/α-hetero) is 1. The van der Waals surface area contributed by atoms with Crippen LogP contribution in [0, 0.1) is 5.92 Å². The monoisotopic (exact) mass is 316 g/mol. The normalized spacial score (nSPS) is 25.7. The highest BCUT2D eigenvalue weighted by atomic mass is 16.5. The molecule has 23 heavy (non-hydrogen) atoms. The SMILES string of the molecule is CCC(CC)c1cc(O)c2c(c1)OC(C)(C)C1CCC(=O)CC21. The van der Waals surface area contributed by atoms with Gasteiger partial charge in [0.15, 0.2) is 0 Å². The van der Waals surface area contributed by atoms with E-state index in [1.165, 1.54) is 0 Å². The fourth-order valence-electron chi connectivity index (χ4n) is 4.59. The first-order valence-electron chi connectivity index (χ1n) is 8.94. The molecule has 0 saturated heterocycles. The van der Waals surface area contributed by atoms with Gasteiger partial charge in [-0.05, 0) is 56.7 Å². The first-order valence-corrected chi connectivity index (χ1v) is 8.94. The Hall–Kier alpha value is -1.51. The van der Waals surface area contributed by atoms with E-state index in [1.807, 2.05) is 6.07 Å². The summed E-state index contributed by atoms with van der Waals surface area (Å²) in [6, 6.07) is 4.00. The maximum atomic E-state index is 12.0. The molecule has 1 aromatic carbocycles. The van der Waals surface area contributed by atoms with Gasteiger partial charge in [0.2, 0.25) is 0 Å². The van der Waals surface area contributed by atoms with E-state index in [4.69, 9.17) is 4.74 Å². The molecule has 0 radical (unpaired) electrons. The Morgan fingerprint density at radius 3 is 2.65 bits per heavy atom. The van der Waals surface area contributed by atoms with Gasteiger partial charge in [-0.2, -0.15) is 0 Å². The van der Waals surface area contributed by atoms with Gasteiger partial charge in [0.05, 0.1) is 0 Å². The summed E-state index contributed by atoms with van der Waals surface area (Å²) in [7, 11) is 0. The van der Waals surface area contributed by atoms with Crippen LogP contribution in [0.1, 0.15) is 82.8 Å². The first-order chi connectivity index (χ1) is 10.9. The number of hydrogen-bond donors (Lipinski definition) is 1. The maximum Gasteiger partial charge on any atom is 0.133 e. The fourth-order valence-corrected chi connectivity index (χ4v) is 4.59. The number of hydrogen-bond acceptors (Lipinski definition) is 3. The number of carbonyl (C=O) groups excluding carboxylic acids is 1. The molecule has 2 atom stereocenters. The second-order valence-corrected chi connectivity index (χ2v) is 7.67. The highest BCUT2D eigenvalue weighted by Crippen LogP contribution is 2.54. The minimum atomic E-state index is -0.294. The molecular formula is C20H28O3. The van der Waals surface area contributed by atoms with Crippen molar-refractivity contribution in [3.05, 3.63) is 23.3 Å². The van der Waals surface area contributed by atoms with Crippen LogP contribution in [0.3, 0.4) is 0 Å². The highest BCUT2D eigenvalue weighted by molar-refractivity contribution is 5.81. The molecular weight excluding hydrogens is 288 g/mol. The van der Waals surface area contributed by atoms with E-state index in [1.54, 1.807) is 0 Å². The molecule has 1 aromatic rings. The molecule has 2 unspecified atom stereocenters. The number of fused-ring (bicyclic) bond motifs is 3. The number of phenols is 1. The summed E-state index contributed by atoms with van der Waals surface area (Å²) in [6.07, 6.45) is 4.10. The summed E-state index contributed by atoms with van der Waals surface area (Å²) < 4.78 is 6.31.